The lowest BCUT2D eigenvalue weighted by Crippen LogP contribution is -2.48. The molecule has 0 radical (unpaired) electrons. The maximum absolute atomic E-state index is 11.5. The molecule has 0 atom stereocenters. The van der Waals surface area contributed by atoms with E-state index in [1.807, 2.05) is 6.92 Å². The average molecular weight is 276 g/mol. The van der Waals surface area contributed by atoms with Crippen molar-refractivity contribution in [3.63, 3.8) is 0 Å². The van der Waals surface area contributed by atoms with Crippen molar-refractivity contribution < 1.29 is 0 Å². The molecule has 1 saturated heterocycles. The molecule has 2 aromatic heterocycles. The van der Waals surface area contributed by atoms with E-state index in [1.165, 1.54) is 0 Å². The predicted octanol–water partition coefficient (Wildman–Crippen LogP) is 1.14. The fourth-order valence-electron chi connectivity index (χ4n) is 2.40. The summed E-state index contributed by atoms with van der Waals surface area (Å²) in [6.07, 6.45) is 1.66. The van der Waals surface area contributed by atoms with Gasteiger partial charge in [0.05, 0.1) is 17.2 Å². The number of hydrogen-bond donors (Lipinski definition) is 0. The lowest BCUT2D eigenvalue weighted by Gasteiger charge is -2.38. The number of nitrogens with zero attached hydrogens (tertiary/aromatic N) is 4. The molecule has 0 aliphatic carbocycles. The van der Waals surface area contributed by atoms with Crippen LogP contribution < -0.4 is 5.56 Å². The Labute approximate surface area is 115 Å². The van der Waals surface area contributed by atoms with Gasteiger partial charge in [0.2, 0.25) is 0 Å². The summed E-state index contributed by atoms with van der Waals surface area (Å²) in [6, 6.07) is 3.23. The van der Waals surface area contributed by atoms with E-state index in [0.717, 1.165) is 30.3 Å². The lowest BCUT2D eigenvalue weighted by molar-refractivity contribution is 0.0755. The number of aryl methyl sites for hydroxylation is 1. The van der Waals surface area contributed by atoms with E-state index in [4.69, 9.17) is 0 Å². The zero-order valence-corrected chi connectivity index (χ0v) is 11.6. The van der Waals surface area contributed by atoms with Gasteiger partial charge in [0.25, 0.3) is 5.56 Å². The number of likely N-dealkylation sites (tertiary alicyclic amines) is 1. The fraction of sp³-hybridized carbons (Fsp3) is 0.462. The Morgan fingerprint density at radius 2 is 2.32 bits per heavy atom. The zero-order chi connectivity index (χ0) is 13.2. The molecule has 0 N–H and O–H groups in total. The third-order valence-electron chi connectivity index (χ3n) is 3.30. The summed E-state index contributed by atoms with van der Waals surface area (Å²) < 4.78 is 1.55. The minimum Gasteiger partial charge on any atom is -0.297 e. The molecule has 100 valence electrons. The van der Waals surface area contributed by atoms with Crippen LogP contribution in [0.2, 0.25) is 0 Å². The molecule has 5 nitrogen and oxygen atoms in total. The number of thiazole rings is 1. The number of rotatable bonds is 4. The van der Waals surface area contributed by atoms with Crippen molar-refractivity contribution >= 4 is 11.3 Å². The maximum atomic E-state index is 11.5. The Hall–Kier alpha value is -1.53. The largest absolute Gasteiger partial charge is 0.297 e. The van der Waals surface area contributed by atoms with Crippen LogP contribution in [0.15, 0.2) is 28.5 Å². The molecule has 1 aliphatic heterocycles. The first-order valence-electron chi connectivity index (χ1n) is 6.36. The summed E-state index contributed by atoms with van der Waals surface area (Å²) in [5, 5.41) is 7.32. The van der Waals surface area contributed by atoms with Crippen molar-refractivity contribution in [1.82, 2.24) is 19.7 Å². The Morgan fingerprint density at radius 1 is 1.47 bits per heavy atom. The van der Waals surface area contributed by atoms with Gasteiger partial charge in [0.15, 0.2) is 0 Å². The molecule has 0 unspecified atom stereocenters. The van der Waals surface area contributed by atoms with Crippen LogP contribution >= 0.6 is 11.3 Å². The summed E-state index contributed by atoms with van der Waals surface area (Å²) in [4.78, 5) is 18.4. The molecule has 0 saturated carbocycles. The fourth-order valence-corrected chi connectivity index (χ4v) is 3.00. The summed E-state index contributed by atoms with van der Waals surface area (Å²) in [5.74, 6) is 0.521. The van der Waals surface area contributed by atoms with Gasteiger partial charge in [-0.15, -0.1) is 11.3 Å². The molecule has 6 heteroatoms. The van der Waals surface area contributed by atoms with Gasteiger partial charge in [-0.1, -0.05) is 0 Å². The van der Waals surface area contributed by atoms with E-state index in [-0.39, 0.29) is 5.56 Å². The standard InChI is InChI=1S/C13H16N4OS/c1-10-15-12(9-19-10)8-16-5-11(6-16)7-17-13(18)3-2-4-14-17/h2-4,9,11H,5-8H2,1H3. The highest BCUT2D eigenvalue weighted by Gasteiger charge is 2.27. The second kappa shape index (κ2) is 5.22. The Kier molecular flexibility index (Phi) is 3.44. The minimum atomic E-state index is -0.0175. The van der Waals surface area contributed by atoms with Crippen molar-refractivity contribution in [2.24, 2.45) is 5.92 Å². The predicted molar refractivity (Wildman–Crippen MR) is 74.1 cm³/mol. The second-order valence-corrected chi connectivity index (χ2v) is 6.02. The molecule has 1 fully saturated rings. The molecule has 0 amide bonds. The highest BCUT2D eigenvalue weighted by molar-refractivity contribution is 7.09. The molecule has 0 aromatic carbocycles. The molecule has 3 heterocycles. The highest BCUT2D eigenvalue weighted by Crippen LogP contribution is 2.20. The average Bonchev–Trinajstić information content (AvgIpc) is 2.75. The molecule has 19 heavy (non-hydrogen) atoms. The van der Waals surface area contributed by atoms with Crippen LogP contribution in [0, 0.1) is 12.8 Å². The minimum absolute atomic E-state index is 0.0175. The molecule has 1 aliphatic rings. The van der Waals surface area contributed by atoms with Crippen molar-refractivity contribution in [2.45, 2.75) is 20.0 Å². The zero-order valence-electron chi connectivity index (χ0n) is 10.8. The van der Waals surface area contributed by atoms with Gasteiger partial charge in [-0.25, -0.2) is 9.67 Å². The monoisotopic (exact) mass is 276 g/mol. The molecular weight excluding hydrogens is 260 g/mol. The summed E-state index contributed by atoms with van der Waals surface area (Å²) in [6.45, 7) is 5.68. The van der Waals surface area contributed by atoms with E-state index >= 15 is 0 Å². The van der Waals surface area contributed by atoms with Gasteiger partial charge in [-0.05, 0) is 13.0 Å². The van der Waals surface area contributed by atoms with Crippen LogP contribution in [0.3, 0.4) is 0 Å². The first-order chi connectivity index (χ1) is 9.20. The molecular formula is C13H16N4OS. The number of aromatic nitrogens is 3. The quantitative estimate of drug-likeness (QED) is 0.840. The number of hydrogen-bond acceptors (Lipinski definition) is 5. The van der Waals surface area contributed by atoms with Crippen LogP contribution in [0.4, 0.5) is 0 Å². The van der Waals surface area contributed by atoms with Gasteiger partial charge in [-0.3, -0.25) is 9.69 Å². The summed E-state index contributed by atoms with van der Waals surface area (Å²) in [7, 11) is 0. The smallest absolute Gasteiger partial charge is 0.266 e. The van der Waals surface area contributed by atoms with Crippen molar-refractivity contribution in [3.05, 3.63) is 44.8 Å². The molecule has 2 aromatic rings. The van der Waals surface area contributed by atoms with Crippen LogP contribution in [0.1, 0.15) is 10.7 Å². The van der Waals surface area contributed by atoms with E-state index in [9.17, 15) is 4.79 Å². The molecule has 0 bridgehead atoms. The van der Waals surface area contributed by atoms with Crippen molar-refractivity contribution in [2.75, 3.05) is 13.1 Å². The van der Waals surface area contributed by atoms with E-state index in [0.29, 0.717) is 12.5 Å². The van der Waals surface area contributed by atoms with Gasteiger partial charge < -0.3 is 0 Å². The summed E-state index contributed by atoms with van der Waals surface area (Å²) in [5.41, 5.74) is 1.13. The first kappa shape index (κ1) is 12.5. The maximum Gasteiger partial charge on any atom is 0.266 e. The Bertz CT molecular complexity index is 615. The van der Waals surface area contributed by atoms with Gasteiger partial charge >= 0.3 is 0 Å². The van der Waals surface area contributed by atoms with Crippen LogP contribution in [0.5, 0.6) is 0 Å². The molecule has 0 spiro atoms. The second-order valence-electron chi connectivity index (χ2n) is 4.96. The van der Waals surface area contributed by atoms with Crippen molar-refractivity contribution in [3.8, 4) is 0 Å². The normalized spacial score (nSPS) is 16.5. The Morgan fingerprint density at radius 3 is 3.00 bits per heavy atom. The van der Waals surface area contributed by atoms with Crippen LogP contribution in [-0.2, 0) is 13.1 Å². The Balaban J connectivity index is 1.51. The molecule has 3 rings (SSSR count). The topological polar surface area (TPSA) is 51.0 Å². The third kappa shape index (κ3) is 2.90. The van der Waals surface area contributed by atoms with E-state index < -0.39 is 0 Å². The third-order valence-corrected chi connectivity index (χ3v) is 4.12. The van der Waals surface area contributed by atoms with Crippen LogP contribution in [-0.4, -0.2) is 32.8 Å². The van der Waals surface area contributed by atoms with E-state index in [2.05, 4.69) is 20.4 Å². The lowest BCUT2D eigenvalue weighted by atomic mass is 10.0. The van der Waals surface area contributed by atoms with Crippen molar-refractivity contribution in [1.29, 1.82) is 0 Å². The highest BCUT2D eigenvalue weighted by atomic mass is 32.1. The SMILES string of the molecule is Cc1nc(CN2CC(Cn3ncccc3=O)C2)cs1. The van der Waals surface area contributed by atoms with Crippen LogP contribution in [0.25, 0.3) is 0 Å². The van der Waals surface area contributed by atoms with Gasteiger partial charge in [-0.2, -0.15) is 5.10 Å². The van der Waals surface area contributed by atoms with Gasteiger partial charge in [0, 0.05) is 43.2 Å². The van der Waals surface area contributed by atoms with Gasteiger partial charge in [0.1, 0.15) is 0 Å². The first-order valence-corrected chi connectivity index (χ1v) is 7.24. The van der Waals surface area contributed by atoms with E-state index in [1.54, 1.807) is 34.3 Å². The summed E-state index contributed by atoms with van der Waals surface area (Å²) >= 11 is 1.69.